The first-order valence-corrected chi connectivity index (χ1v) is 6.83. The molecular formula is C14H12ClN3O2S. The van der Waals surface area contributed by atoms with Gasteiger partial charge in [-0.15, -0.1) is 0 Å². The van der Waals surface area contributed by atoms with E-state index in [2.05, 4.69) is 10.6 Å². The molecule has 0 spiro atoms. The number of hydrogen-bond donors (Lipinski definition) is 2. The molecule has 5 nitrogen and oxygen atoms in total. The van der Waals surface area contributed by atoms with Gasteiger partial charge in [-0.2, -0.15) is 0 Å². The Bertz CT molecular complexity index is 706. The van der Waals surface area contributed by atoms with Gasteiger partial charge in [0.05, 0.1) is 4.92 Å². The molecule has 0 saturated carbocycles. The minimum atomic E-state index is -0.456. The van der Waals surface area contributed by atoms with Crippen LogP contribution in [0, 0.1) is 17.0 Å². The first kappa shape index (κ1) is 15.2. The number of halogens is 1. The monoisotopic (exact) mass is 321 g/mol. The van der Waals surface area contributed by atoms with Crippen LogP contribution < -0.4 is 10.6 Å². The fourth-order valence-electron chi connectivity index (χ4n) is 1.71. The summed E-state index contributed by atoms with van der Waals surface area (Å²) in [6, 6.07) is 11.6. The number of nitro benzene ring substituents is 1. The number of nitro groups is 1. The molecule has 2 N–H and O–H groups in total. The Balaban J connectivity index is 2.10. The zero-order chi connectivity index (χ0) is 15.4. The highest BCUT2D eigenvalue weighted by molar-refractivity contribution is 7.80. The molecule has 0 saturated heterocycles. The maximum atomic E-state index is 10.7. The molecule has 0 atom stereocenters. The highest BCUT2D eigenvalue weighted by Crippen LogP contribution is 2.21. The molecule has 0 aliphatic heterocycles. The number of rotatable bonds is 3. The predicted molar refractivity (Wildman–Crippen MR) is 89.1 cm³/mol. The molecule has 0 aliphatic carbocycles. The highest BCUT2D eigenvalue weighted by Gasteiger charge is 2.07. The van der Waals surface area contributed by atoms with Gasteiger partial charge in [0.15, 0.2) is 5.11 Å². The van der Waals surface area contributed by atoms with Crippen LogP contribution in [0.1, 0.15) is 5.56 Å². The second-order valence-corrected chi connectivity index (χ2v) is 5.19. The topological polar surface area (TPSA) is 67.2 Å². The Hall–Kier alpha value is -2.18. The molecule has 0 aromatic heterocycles. The van der Waals surface area contributed by atoms with E-state index in [4.69, 9.17) is 23.8 Å². The van der Waals surface area contributed by atoms with Crippen molar-refractivity contribution >= 4 is 46.0 Å². The van der Waals surface area contributed by atoms with E-state index >= 15 is 0 Å². The van der Waals surface area contributed by atoms with E-state index < -0.39 is 4.92 Å². The van der Waals surface area contributed by atoms with E-state index in [-0.39, 0.29) is 5.69 Å². The normalized spacial score (nSPS) is 10.0. The van der Waals surface area contributed by atoms with Crippen LogP contribution in [0.3, 0.4) is 0 Å². The summed E-state index contributed by atoms with van der Waals surface area (Å²) in [5.41, 5.74) is 2.32. The summed E-state index contributed by atoms with van der Waals surface area (Å²) < 4.78 is 0. The number of nitrogens with zero attached hydrogens (tertiary/aromatic N) is 1. The molecule has 0 unspecified atom stereocenters. The van der Waals surface area contributed by atoms with Gasteiger partial charge in [-0.25, -0.2) is 0 Å². The molecule has 0 radical (unpaired) electrons. The first-order chi connectivity index (χ1) is 9.95. The smallest absolute Gasteiger partial charge is 0.271 e. The first-order valence-electron chi connectivity index (χ1n) is 6.04. The SMILES string of the molecule is Cc1ccc(Cl)cc1NC(=S)Nc1cccc([N+](=O)[O-])c1. The number of benzene rings is 2. The summed E-state index contributed by atoms with van der Waals surface area (Å²) in [6.07, 6.45) is 0. The number of thiocarbonyl (C=S) groups is 1. The molecule has 21 heavy (non-hydrogen) atoms. The third-order valence-electron chi connectivity index (χ3n) is 2.76. The quantitative estimate of drug-likeness (QED) is 0.499. The van der Waals surface area contributed by atoms with Crippen molar-refractivity contribution in [3.8, 4) is 0 Å². The number of aryl methyl sites for hydroxylation is 1. The summed E-state index contributed by atoms with van der Waals surface area (Å²) in [5, 5.41) is 17.6. The standard InChI is InChI=1S/C14H12ClN3O2S/c1-9-5-6-10(15)7-13(9)17-14(21)16-11-3-2-4-12(8-11)18(19)20/h2-8H,1H3,(H2,16,17,21). The highest BCUT2D eigenvalue weighted by atomic mass is 35.5. The zero-order valence-corrected chi connectivity index (χ0v) is 12.7. The van der Waals surface area contributed by atoms with Gasteiger partial charge in [0.1, 0.15) is 0 Å². The number of anilines is 2. The molecule has 7 heteroatoms. The minimum absolute atomic E-state index is 0.00161. The Kier molecular flexibility index (Phi) is 4.72. The van der Waals surface area contributed by atoms with Gasteiger partial charge in [-0.1, -0.05) is 23.7 Å². The summed E-state index contributed by atoms with van der Waals surface area (Å²) in [6.45, 7) is 1.93. The summed E-state index contributed by atoms with van der Waals surface area (Å²) in [5.74, 6) is 0. The third kappa shape index (κ3) is 4.14. The second kappa shape index (κ2) is 6.51. The average molecular weight is 322 g/mol. The number of non-ortho nitro benzene ring substituents is 1. The van der Waals surface area contributed by atoms with E-state index in [1.54, 1.807) is 24.3 Å². The van der Waals surface area contributed by atoms with Crippen molar-refractivity contribution in [2.45, 2.75) is 6.92 Å². The Labute approximate surface area is 132 Å². The van der Waals surface area contributed by atoms with Crippen LogP contribution in [-0.2, 0) is 0 Å². The van der Waals surface area contributed by atoms with Gasteiger partial charge in [-0.05, 0) is 42.9 Å². The van der Waals surface area contributed by atoms with E-state index in [9.17, 15) is 10.1 Å². The van der Waals surface area contributed by atoms with Crippen LogP contribution in [0.4, 0.5) is 17.1 Å². The van der Waals surface area contributed by atoms with Gasteiger partial charge in [-0.3, -0.25) is 10.1 Å². The fourth-order valence-corrected chi connectivity index (χ4v) is 2.11. The second-order valence-electron chi connectivity index (χ2n) is 4.35. The molecule has 2 aromatic rings. The molecule has 108 valence electrons. The Morgan fingerprint density at radius 2 is 2.00 bits per heavy atom. The maximum absolute atomic E-state index is 10.7. The van der Waals surface area contributed by atoms with Crippen molar-refractivity contribution in [1.29, 1.82) is 0 Å². The van der Waals surface area contributed by atoms with E-state index in [1.165, 1.54) is 12.1 Å². The van der Waals surface area contributed by atoms with Gasteiger partial charge in [0.25, 0.3) is 5.69 Å². The van der Waals surface area contributed by atoms with Crippen molar-refractivity contribution < 1.29 is 4.92 Å². The number of hydrogen-bond acceptors (Lipinski definition) is 3. The van der Waals surface area contributed by atoms with Gasteiger partial charge >= 0.3 is 0 Å². The van der Waals surface area contributed by atoms with Crippen molar-refractivity contribution in [3.05, 3.63) is 63.2 Å². The lowest BCUT2D eigenvalue weighted by Gasteiger charge is -2.12. The van der Waals surface area contributed by atoms with Crippen LogP contribution in [-0.4, -0.2) is 10.0 Å². The van der Waals surface area contributed by atoms with E-state index in [1.807, 2.05) is 13.0 Å². The molecule has 0 amide bonds. The maximum Gasteiger partial charge on any atom is 0.271 e. The van der Waals surface area contributed by atoms with Crippen LogP contribution in [0.25, 0.3) is 0 Å². The minimum Gasteiger partial charge on any atom is -0.332 e. The van der Waals surface area contributed by atoms with Gasteiger partial charge < -0.3 is 10.6 Å². The number of nitrogens with one attached hydrogen (secondary N) is 2. The van der Waals surface area contributed by atoms with Crippen molar-refractivity contribution in [3.63, 3.8) is 0 Å². The van der Waals surface area contributed by atoms with Crippen LogP contribution in [0.5, 0.6) is 0 Å². The predicted octanol–water partition coefficient (Wildman–Crippen LogP) is 4.37. The lowest BCUT2D eigenvalue weighted by molar-refractivity contribution is -0.384. The lowest BCUT2D eigenvalue weighted by atomic mass is 10.2. The Morgan fingerprint density at radius 3 is 2.71 bits per heavy atom. The van der Waals surface area contributed by atoms with Crippen LogP contribution in [0.2, 0.25) is 5.02 Å². The van der Waals surface area contributed by atoms with E-state index in [0.717, 1.165) is 11.3 Å². The fraction of sp³-hybridized carbons (Fsp3) is 0.0714. The molecular weight excluding hydrogens is 310 g/mol. The molecule has 2 aromatic carbocycles. The van der Waals surface area contributed by atoms with Crippen molar-refractivity contribution in [2.75, 3.05) is 10.6 Å². The molecule has 0 fully saturated rings. The largest absolute Gasteiger partial charge is 0.332 e. The molecule has 0 heterocycles. The van der Waals surface area contributed by atoms with Gasteiger partial charge in [0.2, 0.25) is 0 Å². The third-order valence-corrected chi connectivity index (χ3v) is 3.20. The molecule has 0 aliphatic rings. The van der Waals surface area contributed by atoms with Gasteiger partial charge in [0, 0.05) is 28.5 Å². The van der Waals surface area contributed by atoms with Crippen LogP contribution in [0.15, 0.2) is 42.5 Å². The lowest BCUT2D eigenvalue weighted by Crippen LogP contribution is -2.19. The zero-order valence-electron chi connectivity index (χ0n) is 11.1. The average Bonchev–Trinajstić information content (AvgIpc) is 2.43. The van der Waals surface area contributed by atoms with Crippen molar-refractivity contribution in [2.24, 2.45) is 0 Å². The van der Waals surface area contributed by atoms with Crippen molar-refractivity contribution in [1.82, 2.24) is 0 Å². The molecule has 0 bridgehead atoms. The molecule has 2 rings (SSSR count). The van der Waals surface area contributed by atoms with Crippen LogP contribution >= 0.6 is 23.8 Å². The Morgan fingerprint density at radius 1 is 1.24 bits per heavy atom. The summed E-state index contributed by atoms with van der Waals surface area (Å²) in [7, 11) is 0. The summed E-state index contributed by atoms with van der Waals surface area (Å²) in [4.78, 5) is 10.3. The summed E-state index contributed by atoms with van der Waals surface area (Å²) >= 11 is 11.1. The van der Waals surface area contributed by atoms with E-state index in [0.29, 0.717) is 15.8 Å².